The molecule has 1 aromatic heterocycles. The molecule has 1 aromatic carbocycles. The molecule has 0 saturated carbocycles. The van der Waals surface area contributed by atoms with Crippen molar-refractivity contribution < 1.29 is 4.74 Å². The maximum Gasteiger partial charge on any atom is 0.148 e. The Kier molecular flexibility index (Phi) is 4.23. The number of aromatic nitrogens is 2. The molecule has 0 radical (unpaired) electrons. The number of ether oxygens (including phenoxy) is 1. The van der Waals surface area contributed by atoms with Gasteiger partial charge in [0.2, 0.25) is 0 Å². The second kappa shape index (κ2) is 6.10. The summed E-state index contributed by atoms with van der Waals surface area (Å²) in [5, 5.41) is 7.67. The van der Waals surface area contributed by atoms with Crippen LogP contribution >= 0.6 is 0 Å². The molecule has 1 heterocycles. The lowest BCUT2D eigenvalue weighted by atomic mass is 10.2. The van der Waals surface area contributed by atoms with Crippen LogP contribution in [0.4, 0.5) is 5.82 Å². The highest BCUT2D eigenvalue weighted by molar-refractivity contribution is 5.35. The van der Waals surface area contributed by atoms with Gasteiger partial charge in [0.05, 0.1) is 6.61 Å². The molecule has 18 heavy (non-hydrogen) atoms. The monoisotopic (exact) mass is 245 g/mol. The van der Waals surface area contributed by atoms with Crippen LogP contribution in [0.2, 0.25) is 0 Å². The molecule has 0 spiro atoms. The second-order valence-corrected chi connectivity index (χ2v) is 3.99. The quantitative estimate of drug-likeness (QED) is 0.850. The van der Waals surface area contributed by atoms with Crippen LogP contribution in [0.1, 0.15) is 19.4 Å². The Morgan fingerprint density at radius 3 is 2.56 bits per heavy atom. The lowest BCUT2D eigenvalue weighted by Crippen LogP contribution is -2.02. The second-order valence-electron chi connectivity index (χ2n) is 3.99. The van der Waals surface area contributed by atoms with Crippen molar-refractivity contribution in [2.24, 2.45) is 0 Å². The molecule has 0 aliphatic heterocycles. The fourth-order valence-corrected chi connectivity index (χ4v) is 1.69. The Labute approximate surface area is 108 Å². The van der Waals surface area contributed by atoms with Crippen molar-refractivity contribution in [3.8, 4) is 5.75 Å². The van der Waals surface area contributed by atoms with E-state index in [9.17, 15) is 0 Å². The van der Waals surface area contributed by atoms with Gasteiger partial charge in [-0.05, 0) is 31.5 Å². The minimum Gasteiger partial charge on any atom is -0.494 e. The fraction of sp³-hybridized carbons (Fsp3) is 0.357. The fourth-order valence-electron chi connectivity index (χ4n) is 1.69. The minimum atomic E-state index is 0.700. The van der Waals surface area contributed by atoms with Gasteiger partial charge in [-0.3, -0.25) is 4.68 Å². The normalized spacial score (nSPS) is 10.3. The number of hydrogen-bond donors (Lipinski definition) is 1. The number of nitrogens with one attached hydrogen (secondary N) is 1. The summed E-state index contributed by atoms with van der Waals surface area (Å²) in [5.74, 6) is 1.82. The molecule has 0 aliphatic rings. The van der Waals surface area contributed by atoms with Crippen LogP contribution in [0.15, 0.2) is 36.5 Å². The maximum atomic E-state index is 5.41. The molecular weight excluding hydrogens is 226 g/mol. The van der Waals surface area contributed by atoms with Gasteiger partial charge in [-0.1, -0.05) is 12.1 Å². The summed E-state index contributed by atoms with van der Waals surface area (Å²) in [7, 11) is 0. The predicted octanol–water partition coefficient (Wildman–Crippen LogP) is 2.91. The lowest BCUT2D eigenvalue weighted by molar-refractivity contribution is 0.340. The number of hydrogen-bond acceptors (Lipinski definition) is 3. The van der Waals surface area contributed by atoms with Gasteiger partial charge < -0.3 is 10.1 Å². The smallest absolute Gasteiger partial charge is 0.148 e. The largest absolute Gasteiger partial charge is 0.494 e. The molecule has 2 rings (SSSR count). The molecule has 2 aromatic rings. The van der Waals surface area contributed by atoms with E-state index in [1.807, 2.05) is 36.0 Å². The molecule has 0 bridgehead atoms. The molecule has 4 nitrogen and oxygen atoms in total. The van der Waals surface area contributed by atoms with Crippen molar-refractivity contribution in [1.82, 2.24) is 9.78 Å². The summed E-state index contributed by atoms with van der Waals surface area (Å²) in [5.41, 5.74) is 1.21. The van der Waals surface area contributed by atoms with E-state index in [2.05, 4.69) is 29.5 Å². The third-order valence-corrected chi connectivity index (χ3v) is 2.67. The minimum absolute atomic E-state index is 0.700. The first kappa shape index (κ1) is 12.5. The first-order valence-corrected chi connectivity index (χ1v) is 6.31. The Bertz CT molecular complexity index is 476. The summed E-state index contributed by atoms with van der Waals surface area (Å²) in [6.45, 7) is 6.42. The van der Waals surface area contributed by atoms with Crippen LogP contribution in [0, 0.1) is 0 Å². The van der Waals surface area contributed by atoms with Gasteiger partial charge in [0.1, 0.15) is 11.6 Å². The van der Waals surface area contributed by atoms with Crippen molar-refractivity contribution in [1.29, 1.82) is 0 Å². The van der Waals surface area contributed by atoms with Crippen molar-refractivity contribution >= 4 is 5.82 Å². The maximum absolute atomic E-state index is 5.41. The lowest BCUT2D eigenvalue weighted by Gasteiger charge is -2.06. The van der Waals surface area contributed by atoms with Crippen molar-refractivity contribution in [2.75, 3.05) is 11.9 Å². The predicted molar refractivity (Wildman–Crippen MR) is 72.8 cm³/mol. The molecular formula is C14H19N3O. The summed E-state index contributed by atoms with van der Waals surface area (Å²) in [6.07, 6.45) is 1.97. The highest BCUT2D eigenvalue weighted by Crippen LogP contribution is 2.13. The van der Waals surface area contributed by atoms with Crippen molar-refractivity contribution in [3.63, 3.8) is 0 Å². The van der Waals surface area contributed by atoms with E-state index in [0.717, 1.165) is 24.7 Å². The van der Waals surface area contributed by atoms with Crippen LogP contribution in [-0.4, -0.2) is 16.4 Å². The molecule has 1 N–H and O–H groups in total. The molecule has 96 valence electrons. The van der Waals surface area contributed by atoms with E-state index in [4.69, 9.17) is 4.74 Å². The third kappa shape index (κ3) is 3.26. The Morgan fingerprint density at radius 2 is 1.94 bits per heavy atom. The first-order chi connectivity index (χ1) is 8.81. The van der Waals surface area contributed by atoms with Crippen LogP contribution in [0.3, 0.4) is 0 Å². The molecule has 0 atom stereocenters. The van der Waals surface area contributed by atoms with Crippen LogP contribution in [-0.2, 0) is 13.1 Å². The van der Waals surface area contributed by atoms with Gasteiger partial charge >= 0.3 is 0 Å². The number of nitrogens with zero attached hydrogens (tertiary/aromatic N) is 2. The first-order valence-electron chi connectivity index (χ1n) is 6.31. The zero-order valence-electron chi connectivity index (χ0n) is 10.9. The average Bonchev–Trinajstić information content (AvgIpc) is 2.86. The van der Waals surface area contributed by atoms with Gasteiger partial charge in [-0.25, -0.2) is 0 Å². The highest BCUT2D eigenvalue weighted by Gasteiger charge is 1.98. The standard InChI is InChI=1S/C14H19N3O/c1-3-17-10-9-14(16-17)15-11-12-5-7-13(8-6-12)18-4-2/h5-10H,3-4,11H2,1-2H3,(H,15,16). The SMILES string of the molecule is CCOc1ccc(CNc2ccn(CC)n2)cc1. The summed E-state index contributed by atoms with van der Waals surface area (Å²) in [4.78, 5) is 0. The Morgan fingerprint density at radius 1 is 1.17 bits per heavy atom. The van der Waals surface area contributed by atoms with E-state index in [1.165, 1.54) is 5.56 Å². The topological polar surface area (TPSA) is 39.1 Å². The summed E-state index contributed by atoms with van der Waals surface area (Å²) < 4.78 is 7.31. The average molecular weight is 245 g/mol. The van der Waals surface area contributed by atoms with Crippen molar-refractivity contribution in [3.05, 3.63) is 42.1 Å². The molecule has 4 heteroatoms. The van der Waals surface area contributed by atoms with Gasteiger partial charge in [-0.2, -0.15) is 5.10 Å². The van der Waals surface area contributed by atoms with Gasteiger partial charge in [0.25, 0.3) is 0 Å². The number of anilines is 1. The number of benzene rings is 1. The van der Waals surface area contributed by atoms with E-state index >= 15 is 0 Å². The van der Waals surface area contributed by atoms with E-state index in [0.29, 0.717) is 6.61 Å². The van der Waals surface area contributed by atoms with Crippen LogP contribution < -0.4 is 10.1 Å². The zero-order valence-corrected chi connectivity index (χ0v) is 10.9. The zero-order chi connectivity index (χ0) is 12.8. The molecule has 0 fully saturated rings. The van der Waals surface area contributed by atoms with Crippen LogP contribution in [0.25, 0.3) is 0 Å². The summed E-state index contributed by atoms with van der Waals surface area (Å²) >= 11 is 0. The Balaban J connectivity index is 1.89. The molecule has 0 amide bonds. The van der Waals surface area contributed by atoms with Gasteiger partial charge in [0, 0.05) is 25.4 Å². The third-order valence-electron chi connectivity index (χ3n) is 2.67. The Hall–Kier alpha value is -1.97. The molecule has 0 saturated heterocycles. The number of rotatable bonds is 6. The van der Waals surface area contributed by atoms with E-state index < -0.39 is 0 Å². The van der Waals surface area contributed by atoms with Crippen LogP contribution in [0.5, 0.6) is 5.75 Å². The van der Waals surface area contributed by atoms with E-state index in [-0.39, 0.29) is 0 Å². The summed E-state index contributed by atoms with van der Waals surface area (Å²) in [6, 6.07) is 10.1. The highest BCUT2D eigenvalue weighted by atomic mass is 16.5. The number of aryl methyl sites for hydroxylation is 1. The molecule has 0 aliphatic carbocycles. The van der Waals surface area contributed by atoms with E-state index in [1.54, 1.807) is 0 Å². The van der Waals surface area contributed by atoms with Gasteiger partial charge in [-0.15, -0.1) is 0 Å². The molecule has 0 unspecified atom stereocenters. The van der Waals surface area contributed by atoms with Crippen molar-refractivity contribution in [2.45, 2.75) is 26.9 Å². The van der Waals surface area contributed by atoms with Gasteiger partial charge in [0.15, 0.2) is 0 Å².